The second-order valence-electron chi connectivity index (χ2n) is 7.04. The highest BCUT2D eigenvalue weighted by molar-refractivity contribution is 6.07. The number of ether oxygens (including phenoxy) is 1. The third kappa shape index (κ3) is 3.98. The van der Waals surface area contributed by atoms with Crippen LogP contribution in [-0.4, -0.2) is 32.3 Å². The van der Waals surface area contributed by atoms with Gasteiger partial charge < -0.3 is 10.1 Å². The van der Waals surface area contributed by atoms with Crippen LogP contribution in [0.5, 0.6) is 0 Å². The van der Waals surface area contributed by atoms with Gasteiger partial charge in [0.2, 0.25) is 0 Å². The number of carbonyl (C=O) groups excluding carboxylic acids is 2. The van der Waals surface area contributed by atoms with Gasteiger partial charge in [-0.15, -0.1) is 0 Å². The van der Waals surface area contributed by atoms with Crippen molar-refractivity contribution in [2.45, 2.75) is 26.4 Å². The van der Waals surface area contributed by atoms with Gasteiger partial charge >= 0.3 is 6.09 Å². The predicted octanol–water partition coefficient (Wildman–Crippen LogP) is 3.98. The van der Waals surface area contributed by atoms with Crippen molar-refractivity contribution < 1.29 is 19.2 Å². The minimum absolute atomic E-state index is 0.0444. The van der Waals surface area contributed by atoms with Gasteiger partial charge in [0.1, 0.15) is 11.2 Å². The molecule has 1 N–H and O–H groups in total. The number of rotatable bonds is 3. The smallest absolute Gasteiger partial charge is 0.435 e. The number of amides is 1. The number of carbonyl (C=O) groups is 2. The monoisotopic (exact) mass is 382 g/mol. The van der Waals surface area contributed by atoms with Crippen LogP contribution in [0.15, 0.2) is 48.7 Å². The molecule has 0 aliphatic heterocycles. The minimum Gasteiger partial charge on any atom is -0.442 e. The van der Waals surface area contributed by atoms with Gasteiger partial charge in [-0.25, -0.2) is 4.79 Å². The highest BCUT2D eigenvalue weighted by Gasteiger charge is 2.21. The predicted molar refractivity (Wildman–Crippen MR) is 102 cm³/mol. The lowest BCUT2D eigenvalue weighted by molar-refractivity contribution is -0.385. The molecule has 0 unspecified atom stereocenters. The van der Waals surface area contributed by atoms with E-state index in [4.69, 9.17) is 4.74 Å². The van der Waals surface area contributed by atoms with Crippen LogP contribution in [0.25, 0.3) is 10.9 Å². The standard InChI is InChI=1S/C19H18N4O5/c1-19(2,3)28-18(25)22-15-9-8-13(10-12(15)11-20-22)21-17(24)14-6-4-5-7-16(14)23(26)27/h4-11H,1-3H3,(H,21,24). The van der Waals surface area contributed by atoms with Crippen molar-refractivity contribution in [2.24, 2.45) is 0 Å². The van der Waals surface area contributed by atoms with Crippen LogP contribution in [0.2, 0.25) is 0 Å². The molecule has 3 aromatic rings. The van der Waals surface area contributed by atoms with Crippen LogP contribution >= 0.6 is 0 Å². The summed E-state index contributed by atoms with van der Waals surface area (Å²) in [7, 11) is 0. The molecule has 2 aromatic carbocycles. The maximum atomic E-state index is 12.4. The van der Waals surface area contributed by atoms with Gasteiger partial charge in [0.05, 0.1) is 16.6 Å². The zero-order chi connectivity index (χ0) is 20.5. The molecular formula is C19H18N4O5. The van der Waals surface area contributed by atoms with E-state index in [9.17, 15) is 19.7 Å². The highest BCUT2D eigenvalue weighted by atomic mass is 16.6. The third-order valence-corrected chi connectivity index (χ3v) is 3.74. The quantitative estimate of drug-likeness (QED) is 0.541. The molecule has 0 atom stereocenters. The largest absolute Gasteiger partial charge is 0.442 e. The summed E-state index contributed by atoms with van der Waals surface area (Å²) in [5, 5.41) is 18.4. The number of nitrogens with one attached hydrogen (secondary N) is 1. The Morgan fingerprint density at radius 2 is 1.89 bits per heavy atom. The Kier molecular flexibility index (Phi) is 4.83. The van der Waals surface area contributed by atoms with E-state index in [0.29, 0.717) is 16.6 Å². The maximum Gasteiger partial charge on any atom is 0.435 e. The highest BCUT2D eigenvalue weighted by Crippen LogP contribution is 2.23. The van der Waals surface area contributed by atoms with Gasteiger partial charge in [-0.1, -0.05) is 12.1 Å². The first-order valence-electron chi connectivity index (χ1n) is 8.41. The minimum atomic E-state index is -0.659. The molecule has 0 spiro atoms. The summed E-state index contributed by atoms with van der Waals surface area (Å²) in [5.41, 5.74) is -0.0542. The van der Waals surface area contributed by atoms with Crippen LogP contribution in [0.3, 0.4) is 0 Å². The van der Waals surface area contributed by atoms with Crippen LogP contribution in [-0.2, 0) is 4.74 Å². The van der Waals surface area contributed by atoms with Crippen LogP contribution < -0.4 is 5.32 Å². The molecule has 0 fully saturated rings. The lowest BCUT2D eigenvalue weighted by atomic mass is 10.1. The first-order valence-corrected chi connectivity index (χ1v) is 8.41. The average molecular weight is 382 g/mol. The summed E-state index contributed by atoms with van der Waals surface area (Å²) in [5.74, 6) is -0.605. The Morgan fingerprint density at radius 1 is 1.18 bits per heavy atom. The van der Waals surface area contributed by atoms with Crippen LogP contribution in [0.1, 0.15) is 31.1 Å². The van der Waals surface area contributed by atoms with Gasteiger partial charge in [-0.3, -0.25) is 14.9 Å². The molecular weight excluding hydrogens is 364 g/mol. The Balaban J connectivity index is 1.85. The van der Waals surface area contributed by atoms with E-state index >= 15 is 0 Å². The van der Waals surface area contributed by atoms with E-state index < -0.39 is 22.5 Å². The first kappa shape index (κ1) is 19.0. The van der Waals surface area contributed by atoms with Crippen LogP contribution in [0, 0.1) is 10.1 Å². The molecule has 28 heavy (non-hydrogen) atoms. The van der Waals surface area contributed by atoms with Crippen LogP contribution in [0.4, 0.5) is 16.2 Å². The number of nitrogens with zero attached hydrogens (tertiary/aromatic N) is 3. The van der Waals surface area contributed by atoms with Crippen molar-refractivity contribution in [1.82, 2.24) is 9.78 Å². The number of hydrogen-bond acceptors (Lipinski definition) is 6. The summed E-state index contributed by atoms with van der Waals surface area (Å²) in [6.45, 7) is 5.27. The zero-order valence-electron chi connectivity index (χ0n) is 15.5. The van der Waals surface area contributed by atoms with Crippen molar-refractivity contribution in [2.75, 3.05) is 5.32 Å². The lowest BCUT2D eigenvalue weighted by Crippen LogP contribution is -2.27. The van der Waals surface area contributed by atoms with E-state index in [1.807, 2.05) is 0 Å². The number of hydrogen-bond donors (Lipinski definition) is 1. The molecule has 0 bridgehead atoms. The molecule has 1 heterocycles. The summed E-state index contributed by atoms with van der Waals surface area (Å²) < 4.78 is 6.44. The van der Waals surface area contributed by atoms with E-state index in [2.05, 4.69) is 10.4 Å². The normalized spacial score (nSPS) is 11.2. The third-order valence-electron chi connectivity index (χ3n) is 3.74. The molecule has 1 aromatic heterocycles. The summed E-state index contributed by atoms with van der Waals surface area (Å²) >= 11 is 0. The SMILES string of the molecule is CC(C)(C)OC(=O)n1ncc2cc(NC(=O)c3ccccc3[N+](=O)[O-])ccc21. The van der Waals surface area contributed by atoms with Crippen molar-refractivity contribution in [1.29, 1.82) is 0 Å². The Morgan fingerprint density at radius 3 is 2.57 bits per heavy atom. The summed E-state index contributed by atoms with van der Waals surface area (Å²) in [6.07, 6.45) is 0.860. The fourth-order valence-electron chi connectivity index (χ4n) is 2.58. The van der Waals surface area contributed by atoms with Gasteiger partial charge in [0.15, 0.2) is 0 Å². The van der Waals surface area contributed by atoms with E-state index in [1.165, 1.54) is 24.4 Å². The molecule has 1 amide bonds. The number of nitro groups is 1. The zero-order valence-corrected chi connectivity index (χ0v) is 15.5. The van der Waals surface area contributed by atoms with Gasteiger partial charge in [-0.2, -0.15) is 9.78 Å². The molecule has 0 aliphatic rings. The summed E-state index contributed by atoms with van der Waals surface area (Å²) in [6, 6.07) is 10.5. The Labute approximate surface area is 160 Å². The topological polar surface area (TPSA) is 116 Å². The van der Waals surface area contributed by atoms with E-state index in [-0.39, 0.29) is 11.3 Å². The number of para-hydroxylation sites is 1. The summed E-state index contributed by atoms with van der Waals surface area (Å²) in [4.78, 5) is 35.1. The van der Waals surface area contributed by atoms with E-state index in [0.717, 1.165) is 4.68 Å². The number of anilines is 1. The Bertz CT molecular complexity index is 1080. The first-order chi connectivity index (χ1) is 13.2. The van der Waals surface area contributed by atoms with Crippen molar-refractivity contribution in [3.05, 3.63) is 64.3 Å². The fraction of sp³-hybridized carbons (Fsp3) is 0.211. The van der Waals surface area contributed by atoms with Crippen molar-refractivity contribution in [3.63, 3.8) is 0 Å². The second-order valence-corrected chi connectivity index (χ2v) is 7.04. The average Bonchev–Trinajstić information content (AvgIpc) is 3.03. The molecule has 0 aliphatic carbocycles. The van der Waals surface area contributed by atoms with Gasteiger partial charge in [-0.05, 0) is 45.0 Å². The molecule has 9 nitrogen and oxygen atoms in total. The van der Waals surface area contributed by atoms with E-state index in [1.54, 1.807) is 45.0 Å². The van der Waals surface area contributed by atoms with Crippen molar-refractivity contribution >= 4 is 34.3 Å². The molecule has 3 rings (SSSR count). The lowest BCUT2D eigenvalue weighted by Gasteiger charge is -2.19. The fourth-order valence-corrected chi connectivity index (χ4v) is 2.58. The van der Waals surface area contributed by atoms with Crippen molar-refractivity contribution in [3.8, 4) is 0 Å². The molecule has 9 heteroatoms. The molecule has 0 saturated carbocycles. The molecule has 0 saturated heterocycles. The molecule has 144 valence electrons. The molecule has 0 radical (unpaired) electrons. The Hall–Kier alpha value is -3.75. The number of aromatic nitrogens is 2. The number of nitro benzene ring substituents is 1. The second kappa shape index (κ2) is 7.10. The van der Waals surface area contributed by atoms with Gasteiger partial charge in [0.25, 0.3) is 11.6 Å². The van der Waals surface area contributed by atoms with Gasteiger partial charge in [0, 0.05) is 17.1 Å². The maximum absolute atomic E-state index is 12.4. The number of benzene rings is 2. The number of fused-ring (bicyclic) bond motifs is 1.